The number of para-hydroxylation sites is 2. The summed E-state index contributed by atoms with van der Waals surface area (Å²) in [6.45, 7) is 3.54. The molecule has 168 valence electrons. The Hall–Kier alpha value is -2.65. The average molecular weight is 450 g/mol. The van der Waals surface area contributed by atoms with E-state index in [9.17, 15) is 17.6 Å². The molecule has 0 aromatic heterocycles. The Balaban J connectivity index is 1.37. The van der Waals surface area contributed by atoms with E-state index >= 15 is 0 Å². The van der Waals surface area contributed by atoms with Crippen LogP contribution in [0, 0.1) is 12.7 Å². The van der Waals surface area contributed by atoms with Crippen molar-refractivity contribution in [3.8, 4) is 5.75 Å². The minimum absolute atomic E-state index is 0.0500. The van der Waals surface area contributed by atoms with Crippen LogP contribution in [0.25, 0.3) is 0 Å². The number of benzene rings is 2. The Morgan fingerprint density at radius 1 is 1.06 bits per heavy atom. The zero-order valence-electron chi connectivity index (χ0n) is 17.6. The summed E-state index contributed by atoms with van der Waals surface area (Å²) < 4.78 is 46.0. The van der Waals surface area contributed by atoms with Crippen LogP contribution < -0.4 is 15.0 Å². The fourth-order valence-electron chi connectivity index (χ4n) is 3.44. The lowest BCUT2D eigenvalue weighted by Gasteiger charge is -2.35. The Morgan fingerprint density at radius 2 is 1.74 bits per heavy atom. The number of nitrogens with one attached hydrogen (secondary N) is 1. The smallest absolute Gasteiger partial charge is 0.257 e. The van der Waals surface area contributed by atoms with E-state index in [0.29, 0.717) is 44.0 Å². The summed E-state index contributed by atoms with van der Waals surface area (Å²) in [5.41, 5.74) is 1.44. The molecule has 0 radical (unpaired) electrons. The van der Waals surface area contributed by atoms with Crippen LogP contribution >= 0.6 is 0 Å². The van der Waals surface area contributed by atoms with Crippen molar-refractivity contribution in [2.75, 3.05) is 50.0 Å². The van der Waals surface area contributed by atoms with Crippen LogP contribution in [0.3, 0.4) is 0 Å². The van der Waals surface area contributed by atoms with Gasteiger partial charge in [-0.1, -0.05) is 30.3 Å². The molecule has 0 spiro atoms. The fourth-order valence-corrected chi connectivity index (χ4v) is 4.93. The largest absolute Gasteiger partial charge is 0.484 e. The van der Waals surface area contributed by atoms with Gasteiger partial charge in [-0.3, -0.25) is 4.79 Å². The van der Waals surface area contributed by atoms with E-state index < -0.39 is 10.0 Å². The van der Waals surface area contributed by atoms with E-state index in [1.165, 1.54) is 10.4 Å². The van der Waals surface area contributed by atoms with Gasteiger partial charge in [-0.15, -0.1) is 0 Å². The molecule has 9 heteroatoms. The topological polar surface area (TPSA) is 78.9 Å². The number of hydrogen-bond acceptors (Lipinski definition) is 5. The maximum Gasteiger partial charge on any atom is 0.257 e. The molecule has 1 fully saturated rings. The van der Waals surface area contributed by atoms with Crippen molar-refractivity contribution in [2.45, 2.75) is 13.3 Å². The molecule has 0 atom stereocenters. The number of nitrogens with zero attached hydrogens (tertiary/aromatic N) is 2. The third kappa shape index (κ3) is 6.41. The molecule has 0 aliphatic carbocycles. The Labute approximate surface area is 182 Å². The molecular weight excluding hydrogens is 421 g/mol. The van der Waals surface area contributed by atoms with Gasteiger partial charge in [-0.25, -0.2) is 12.8 Å². The SMILES string of the molecule is Cc1ccccc1OCC(=O)NCCCS(=O)(=O)N1CCN(c2ccccc2F)CC1. The van der Waals surface area contributed by atoms with Crippen molar-refractivity contribution in [2.24, 2.45) is 0 Å². The molecule has 0 unspecified atom stereocenters. The highest BCUT2D eigenvalue weighted by molar-refractivity contribution is 7.89. The monoisotopic (exact) mass is 449 g/mol. The van der Waals surface area contributed by atoms with E-state index in [4.69, 9.17) is 4.74 Å². The van der Waals surface area contributed by atoms with Crippen LogP contribution in [0.15, 0.2) is 48.5 Å². The highest BCUT2D eigenvalue weighted by Crippen LogP contribution is 2.21. The van der Waals surface area contributed by atoms with E-state index in [-0.39, 0.29) is 30.6 Å². The second-order valence-corrected chi connectivity index (χ2v) is 9.50. The molecule has 1 N–H and O–H groups in total. The Kier molecular flexibility index (Phi) is 7.86. The first-order valence-electron chi connectivity index (χ1n) is 10.3. The first-order chi connectivity index (χ1) is 14.9. The van der Waals surface area contributed by atoms with E-state index in [1.807, 2.05) is 30.0 Å². The van der Waals surface area contributed by atoms with Crippen molar-refractivity contribution in [3.63, 3.8) is 0 Å². The van der Waals surface area contributed by atoms with Crippen LogP contribution in [0.1, 0.15) is 12.0 Å². The van der Waals surface area contributed by atoms with Gasteiger partial charge < -0.3 is 15.0 Å². The van der Waals surface area contributed by atoms with Gasteiger partial charge in [0.25, 0.3) is 5.91 Å². The number of rotatable bonds is 9. The number of anilines is 1. The molecule has 1 aliphatic heterocycles. The first kappa shape index (κ1) is 23.0. The third-order valence-corrected chi connectivity index (χ3v) is 7.14. The second-order valence-electron chi connectivity index (χ2n) is 7.41. The fraction of sp³-hybridized carbons (Fsp3) is 0.409. The molecule has 1 amide bonds. The summed E-state index contributed by atoms with van der Waals surface area (Å²) in [5.74, 6) is 0.000825. The zero-order valence-corrected chi connectivity index (χ0v) is 18.4. The molecule has 7 nitrogen and oxygen atoms in total. The number of aryl methyl sites for hydroxylation is 1. The van der Waals surface area contributed by atoms with Crippen molar-refractivity contribution in [1.82, 2.24) is 9.62 Å². The number of halogens is 1. The number of hydrogen-bond donors (Lipinski definition) is 1. The van der Waals surface area contributed by atoms with Gasteiger partial charge in [-0.05, 0) is 37.1 Å². The molecule has 0 saturated carbocycles. The summed E-state index contributed by atoms with van der Waals surface area (Å²) in [6, 6.07) is 13.9. The van der Waals surface area contributed by atoms with Crippen LogP contribution in [0.2, 0.25) is 0 Å². The molecule has 2 aromatic rings. The third-order valence-electron chi connectivity index (χ3n) is 5.18. The predicted molar refractivity (Wildman–Crippen MR) is 118 cm³/mol. The van der Waals surface area contributed by atoms with E-state index in [1.54, 1.807) is 24.3 Å². The standard InChI is InChI=1S/C22H28FN3O4S/c1-18-7-2-5-10-21(18)30-17-22(27)24-11-6-16-31(28,29)26-14-12-25(13-15-26)20-9-4-3-8-19(20)23/h2-5,7-10H,6,11-17H2,1H3,(H,24,27). The van der Waals surface area contributed by atoms with Gasteiger partial charge in [0.15, 0.2) is 6.61 Å². The lowest BCUT2D eigenvalue weighted by Crippen LogP contribution is -2.49. The van der Waals surface area contributed by atoms with Gasteiger partial charge >= 0.3 is 0 Å². The quantitative estimate of drug-likeness (QED) is 0.594. The number of piperazine rings is 1. The number of ether oxygens (including phenoxy) is 1. The minimum Gasteiger partial charge on any atom is -0.484 e. The Bertz CT molecular complexity index is 992. The number of sulfonamides is 1. The maximum absolute atomic E-state index is 13.9. The molecule has 1 aliphatic rings. The van der Waals surface area contributed by atoms with Crippen LogP contribution in [-0.4, -0.2) is 63.7 Å². The molecule has 3 rings (SSSR count). The lowest BCUT2D eigenvalue weighted by molar-refractivity contribution is -0.123. The van der Waals surface area contributed by atoms with Gasteiger partial charge in [0.2, 0.25) is 10.0 Å². The summed E-state index contributed by atoms with van der Waals surface area (Å²) in [7, 11) is -3.43. The summed E-state index contributed by atoms with van der Waals surface area (Å²) in [5, 5.41) is 2.69. The Morgan fingerprint density at radius 3 is 2.45 bits per heavy atom. The van der Waals surface area contributed by atoms with E-state index in [2.05, 4.69) is 5.32 Å². The average Bonchev–Trinajstić information content (AvgIpc) is 2.77. The van der Waals surface area contributed by atoms with Crippen LogP contribution in [0.5, 0.6) is 5.75 Å². The molecule has 31 heavy (non-hydrogen) atoms. The first-order valence-corrected chi connectivity index (χ1v) is 11.9. The number of carbonyl (C=O) groups excluding carboxylic acids is 1. The van der Waals surface area contributed by atoms with Gasteiger partial charge in [0.05, 0.1) is 11.4 Å². The van der Waals surface area contributed by atoms with Crippen LogP contribution in [0.4, 0.5) is 10.1 Å². The predicted octanol–water partition coefficient (Wildman–Crippen LogP) is 2.17. The second kappa shape index (κ2) is 10.6. The highest BCUT2D eigenvalue weighted by atomic mass is 32.2. The van der Waals surface area contributed by atoms with Crippen molar-refractivity contribution >= 4 is 21.6 Å². The molecule has 0 bridgehead atoms. The molecule has 2 aromatic carbocycles. The maximum atomic E-state index is 13.9. The van der Waals surface area contributed by atoms with Crippen molar-refractivity contribution in [1.29, 1.82) is 0 Å². The van der Waals surface area contributed by atoms with Gasteiger partial charge in [-0.2, -0.15) is 4.31 Å². The van der Waals surface area contributed by atoms with Gasteiger partial charge in [0.1, 0.15) is 11.6 Å². The van der Waals surface area contributed by atoms with E-state index in [0.717, 1.165) is 5.56 Å². The highest BCUT2D eigenvalue weighted by Gasteiger charge is 2.27. The summed E-state index contributed by atoms with van der Waals surface area (Å²) in [4.78, 5) is 13.8. The summed E-state index contributed by atoms with van der Waals surface area (Å²) in [6.07, 6.45) is 0.311. The summed E-state index contributed by atoms with van der Waals surface area (Å²) >= 11 is 0. The van der Waals surface area contributed by atoms with Crippen LogP contribution in [-0.2, 0) is 14.8 Å². The van der Waals surface area contributed by atoms with Crippen molar-refractivity contribution in [3.05, 3.63) is 59.9 Å². The lowest BCUT2D eigenvalue weighted by atomic mass is 10.2. The molecule has 1 heterocycles. The zero-order chi connectivity index (χ0) is 22.3. The van der Waals surface area contributed by atoms with Crippen molar-refractivity contribution < 1.29 is 22.3 Å². The molecular formula is C22H28FN3O4S. The number of amides is 1. The number of carbonyl (C=O) groups is 1. The molecule has 1 saturated heterocycles. The minimum atomic E-state index is -3.43. The van der Waals surface area contributed by atoms with Gasteiger partial charge in [0, 0.05) is 32.7 Å². The normalized spacial score (nSPS) is 15.0.